The Labute approximate surface area is 59.2 Å². The molecule has 0 rings (SSSR count). The van der Waals surface area contributed by atoms with Crippen molar-refractivity contribution in [3.05, 3.63) is 0 Å². The molecule has 0 aliphatic carbocycles. The zero-order valence-corrected chi connectivity index (χ0v) is 5.32. The van der Waals surface area contributed by atoms with Crippen LogP contribution in [0.15, 0.2) is 0 Å². The molecule has 5 heteroatoms. The number of carbonyl (C=O) groups is 1. The van der Waals surface area contributed by atoms with Gasteiger partial charge in [0.15, 0.2) is 0 Å². The van der Waals surface area contributed by atoms with Gasteiger partial charge in [-0.15, -0.1) is 0 Å². The van der Waals surface area contributed by atoms with Gasteiger partial charge in [-0.3, -0.25) is 4.79 Å². The predicted molar refractivity (Wildman–Crippen MR) is 24.1 cm³/mol. The molecule has 0 aromatic rings. The maximum absolute atomic E-state index is 9.24. The number of hydrogen-bond acceptors (Lipinski definition) is 2. The summed E-state index contributed by atoms with van der Waals surface area (Å²) in [5.74, 6) is -0.968. The van der Waals surface area contributed by atoms with Crippen LogP contribution in [0.4, 0.5) is 0 Å². The number of hydrogen-bond donors (Lipinski definition) is 2. The van der Waals surface area contributed by atoms with Crippen molar-refractivity contribution < 1.29 is 27.0 Å². The molecular weight excluding hydrogens is 158 g/mol. The van der Waals surface area contributed by atoms with Crippen molar-refractivity contribution in [2.24, 2.45) is 5.73 Å². The van der Waals surface area contributed by atoms with Crippen molar-refractivity contribution in [1.82, 2.24) is 0 Å². The number of carboxylic acids is 1. The van der Waals surface area contributed by atoms with Crippen LogP contribution in [0.1, 0.15) is 0 Å². The van der Waals surface area contributed by atoms with E-state index in [2.05, 4.69) is 5.73 Å². The van der Waals surface area contributed by atoms with Gasteiger partial charge in [0.25, 0.3) is 0 Å². The summed E-state index contributed by atoms with van der Waals surface area (Å²) in [5, 5.41) is 7.60. The first-order chi connectivity index (χ1) is 2.27. The molecule has 0 saturated carbocycles. The smallest absolute Gasteiger partial charge is 2.00 e. The third kappa shape index (κ3) is 22.0. The molecule has 44 valence electrons. The van der Waals surface area contributed by atoms with Crippen LogP contribution in [0.5, 0.6) is 0 Å². The van der Waals surface area contributed by atoms with E-state index in [0.717, 1.165) is 0 Å². The molecule has 0 aromatic carbocycles. The molecule has 0 radical (unpaired) electrons. The summed E-state index contributed by atoms with van der Waals surface area (Å²) < 4.78 is 0. The van der Waals surface area contributed by atoms with Crippen LogP contribution >= 0.6 is 0 Å². The Kier molecular flexibility index (Phi) is 21.4. The van der Waals surface area contributed by atoms with E-state index in [1.165, 1.54) is 0 Å². The third-order valence-electron chi connectivity index (χ3n) is 0.175. The fraction of sp³-hybridized carbons (Fsp3) is 0.500. The number of aliphatic carboxylic acids is 1. The third-order valence-corrected chi connectivity index (χ3v) is 0.175. The van der Waals surface area contributed by atoms with E-state index in [1.807, 2.05) is 0 Å². The van der Waals surface area contributed by atoms with E-state index < -0.39 is 5.97 Å². The summed E-state index contributed by atoms with van der Waals surface area (Å²) in [4.78, 5) is 9.24. The molecule has 0 aliphatic rings. The summed E-state index contributed by atoms with van der Waals surface area (Å²) in [6.07, 6.45) is 0. The molecule has 0 aromatic heterocycles. The van der Waals surface area contributed by atoms with Crippen LogP contribution in [0, 0.1) is 0 Å². The fourth-order valence-electron chi connectivity index (χ4n) is 0. The Balaban J connectivity index is -0.0000000800. The maximum atomic E-state index is 9.24. The molecule has 3 N–H and O–H groups in total. The minimum absolute atomic E-state index is 0. The zero-order chi connectivity index (χ0) is 4.28. The van der Waals surface area contributed by atoms with Crippen LogP contribution in [0.25, 0.3) is 0 Å². The van der Waals surface area contributed by atoms with Crippen LogP contribution in [0.3, 0.4) is 0 Å². The summed E-state index contributed by atoms with van der Waals surface area (Å²) in [5.41, 5.74) is 4.57. The van der Waals surface area contributed by atoms with Crippen molar-refractivity contribution in [3.8, 4) is 0 Å². The standard InChI is InChI=1S/C2H5NO2.Fe.S/c3-1-2(4)5;;/h1,3H2,(H,4,5);;/q;+2;-2. The molecule has 0 atom stereocenters. The summed E-state index contributed by atoms with van der Waals surface area (Å²) in [6, 6.07) is 0. The van der Waals surface area contributed by atoms with E-state index in [9.17, 15) is 4.79 Å². The molecular formula is C2H5FeNO2S. The normalized spacial score (nSPS) is 5.29. The Morgan fingerprint density at radius 2 is 1.86 bits per heavy atom. The summed E-state index contributed by atoms with van der Waals surface area (Å²) >= 11 is 0. The maximum Gasteiger partial charge on any atom is 2.00 e. The van der Waals surface area contributed by atoms with Gasteiger partial charge < -0.3 is 24.3 Å². The van der Waals surface area contributed by atoms with Gasteiger partial charge in [0, 0.05) is 0 Å². The van der Waals surface area contributed by atoms with Crippen molar-refractivity contribution in [3.63, 3.8) is 0 Å². The van der Waals surface area contributed by atoms with Crippen molar-refractivity contribution in [2.75, 3.05) is 6.54 Å². The predicted octanol–water partition coefficient (Wildman–Crippen LogP) is -0.975. The second-order valence-corrected chi connectivity index (χ2v) is 0.598. The zero-order valence-electron chi connectivity index (χ0n) is 3.40. The largest absolute Gasteiger partial charge is 2.00 e. The molecule has 0 heterocycles. The van der Waals surface area contributed by atoms with Gasteiger partial charge in [-0.2, -0.15) is 0 Å². The monoisotopic (exact) mass is 163 g/mol. The fourth-order valence-corrected chi connectivity index (χ4v) is 0. The Bertz CT molecular complexity index is 51.0. The summed E-state index contributed by atoms with van der Waals surface area (Å²) in [7, 11) is 0. The molecule has 0 aliphatic heterocycles. The van der Waals surface area contributed by atoms with E-state index >= 15 is 0 Å². The van der Waals surface area contributed by atoms with Crippen LogP contribution in [0.2, 0.25) is 0 Å². The van der Waals surface area contributed by atoms with Crippen LogP contribution in [-0.4, -0.2) is 17.6 Å². The quantitative estimate of drug-likeness (QED) is 0.488. The molecule has 0 spiro atoms. The number of carboxylic acid groups (broad SMARTS) is 1. The Morgan fingerprint density at radius 3 is 1.86 bits per heavy atom. The first kappa shape index (κ1) is 15.7. The van der Waals surface area contributed by atoms with Crippen LogP contribution in [-0.2, 0) is 35.4 Å². The van der Waals surface area contributed by atoms with E-state index in [0.29, 0.717) is 0 Å². The molecule has 7 heavy (non-hydrogen) atoms. The van der Waals surface area contributed by atoms with Gasteiger partial charge in [-0.1, -0.05) is 0 Å². The van der Waals surface area contributed by atoms with Crippen molar-refractivity contribution in [2.45, 2.75) is 0 Å². The molecule has 0 saturated heterocycles. The molecule has 0 amide bonds. The molecule has 0 unspecified atom stereocenters. The van der Waals surface area contributed by atoms with Crippen molar-refractivity contribution >= 4 is 19.5 Å². The summed E-state index contributed by atoms with van der Waals surface area (Å²) in [6.45, 7) is -0.278. The average molecular weight is 163 g/mol. The second-order valence-electron chi connectivity index (χ2n) is 0.598. The van der Waals surface area contributed by atoms with Gasteiger partial charge in [-0.05, 0) is 0 Å². The second kappa shape index (κ2) is 9.57. The van der Waals surface area contributed by atoms with E-state index in [1.54, 1.807) is 0 Å². The van der Waals surface area contributed by atoms with Crippen molar-refractivity contribution in [1.29, 1.82) is 0 Å². The van der Waals surface area contributed by atoms with Crippen LogP contribution < -0.4 is 5.73 Å². The van der Waals surface area contributed by atoms with E-state index in [4.69, 9.17) is 5.11 Å². The number of rotatable bonds is 1. The Morgan fingerprint density at radius 1 is 1.71 bits per heavy atom. The number of nitrogens with two attached hydrogens (primary N) is 1. The van der Waals surface area contributed by atoms with Gasteiger partial charge in [0.2, 0.25) is 0 Å². The molecule has 0 fully saturated rings. The topological polar surface area (TPSA) is 63.3 Å². The SMILES string of the molecule is NCC(=O)O.[Fe+2].[S-2]. The van der Waals surface area contributed by atoms with Gasteiger partial charge in [-0.25, -0.2) is 0 Å². The first-order valence-corrected chi connectivity index (χ1v) is 1.19. The Hall–Kier alpha value is 0.299. The molecule has 0 bridgehead atoms. The van der Waals surface area contributed by atoms with Gasteiger partial charge >= 0.3 is 23.0 Å². The molecule has 3 nitrogen and oxygen atoms in total. The minimum atomic E-state index is -0.968. The van der Waals surface area contributed by atoms with Gasteiger partial charge in [0.05, 0.1) is 6.54 Å². The van der Waals surface area contributed by atoms with Gasteiger partial charge in [0.1, 0.15) is 0 Å². The van der Waals surface area contributed by atoms with E-state index in [-0.39, 0.29) is 37.1 Å². The average Bonchev–Trinajstić information content (AvgIpc) is 1.38. The first-order valence-electron chi connectivity index (χ1n) is 1.19. The minimum Gasteiger partial charge on any atom is -2.00 e.